The summed E-state index contributed by atoms with van der Waals surface area (Å²) >= 11 is 0. The van der Waals surface area contributed by atoms with E-state index in [-0.39, 0.29) is 24.3 Å². The Labute approximate surface area is 230 Å². The first-order chi connectivity index (χ1) is 18.9. The Hall–Kier alpha value is -3.95. The molecule has 3 amide bonds. The van der Waals surface area contributed by atoms with E-state index in [1.165, 1.54) is 0 Å². The molecule has 6 N–H and O–H groups in total. The fourth-order valence-electron chi connectivity index (χ4n) is 4.47. The van der Waals surface area contributed by atoms with Gasteiger partial charge in [-0.15, -0.1) is 0 Å². The minimum Gasteiger partial charge on any atom is -0.343 e. The molecular weight excluding hydrogens is 492 g/mol. The van der Waals surface area contributed by atoms with Crippen LogP contribution in [-0.2, 0) is 20.8 Å². The number of carbonyl (C=O) groups excluding carboxylic acids is 3. The number of pyridine rings is 1. The molecule has 1 aromatic heterocycles. The van der Waals surface area contributed by atoms with Gasteiger partial charge in [-0.05, 0) is 37.0 Å². The summed E-state index contributed by atoms with van der Waals surface area (Å²) in [6.07, 6.45) is 3.52. The number of hydrogen-bond acceptors (Lipinski definition) is 6. The predicted octanol–water partition coefficient (Wildman–Crippen LogP) is 2.80. The van der Waals surface area contributed by atoms with E-state index in [2.05, 4.69) is 22.5 Å². The van der Waals surface area contributed by atoms with E-state index in [0.717, 1.165) is 16.5 Å². The second-order valence-electron chi connectivity index (χ2n) is 9.54. The van der Waals surface area contributed by atoms with Crippen LogP contribution in [0.25, 0.3) is 10.9 Å². The quantitative estimate of drug-likeness (QED) is 0.236. The summed E-state index contributed by atoms with van der Waals surface area (Å²) in [5, 5.41) is 6.53. The largest absolute Gasteiger partial charge is 0.343 e. The fourth-order valence-corrected chi connectivity index (χ4v) is 4.47. The zero-order valence-corrected chi connectivity index (χ0v) is 22.5. The van der Waals surface area contributed by atoms with Crippen molar-refractivity contribution in [3.05, 3.63) is 79.3 Å². The molecule has 0 bridgehead atoms. The first-order valence-electron chi connectivity index (χ1n) is 13.4. The van der Waals surface area contributed by atoms with Gasteiger partial charge in [-0.25, -0.2) is 0 Å². The molecule has 1 heterocycles. The average molecular weight is 532 g/mol. The third-order valence-electron chi connectivity index (χ3n) is 6.69. The van der Waals surface area contributed by atoms with Crippen molar-refractivity contribution >= 4 is 34.3 Å². The van der Waals surface area contributed by atoms with Gasteiger partial charge >= 0.3 is 0 Å². The Morgan fingerprint density at radius 1 is 1.05 bits per heavy atom. The summed E-state index contributed by atoms with van der Waals surface area (Å²) in [6.45, 7) is 6.54. The molecule has 0 saturated heterocycles. The smallest absolute Gasteiger partial charge is 0.247 e. The zero-order chi connectivity index (χ0) is 28.2. The number of nitrogens with zero attached hydrogens (tertiary/aromatic N) is 2. The van der Waals surface area contributed by atoms with Gasteiger partial charge in [0.1, 0.15) is 12.5 Å². The topological polar surface area (TPSA) is 143 Å². The van der Waals surface area contributed by atoms with Crippen molar-refractivity contribution in [3.8, 4) is 0 Å². The molecule has 3 atom stereocenters. The molecule has 206 valence electrons. The highest BCUT2D eigenvalue weighted by molar-refractivity contribution is 5.99. The number of aromatic nitrogens is 1. The minimum atomic E-state index is -1.12. The van der Waals surface area contributed by atoms with Gasteiger partial charge in [-0.2, -0.15) is 0 Å². The molecule has 0 aliphatic carbocycles. The van der Waals surface area contributed by atoms with Crippen molar-refractivity contribution < 1.29 is 14.4 Å². The summed E-state index contributed by atoms with van der Waals surface area (Å²) in [5.74, 6) is -1.21. The lowest BCUT2D eigenvalue weighted by atomic mass is 10.0. The van der Waals surface area contributed by atoms with Crippen LogP contribution in [0.15, 0.2) is 66.9 Å². The predicted molar refractivity (Wildman–Crippen MR) is 154 cm³/mol. The van der Waals surface area contributed by atoms with Gasteiger partial charge in [0.25, 0.3) is 0 Å². The molecule has 3 rings (SSSR count). The highest BCUT2D eigenvalue weighted by Gasteiger charge is 2.28. The highest BCUT2D eigenvalue weighted by Crippen LogP contribution is 2.17. The molecule has 9 heteroatoms. The van der Waals surface area contributed by atoms with Gasteiger partial charge in [-0.1, -0.05) is 55.5 Å². The van der Waals surface area contributed by atoms with Gasteiger partial charge in [-0.3, -0.25) is 19.4 Å². The van der Waals surface area contributed by atoms with E-state index in [1.54, 1.807) is 11.1 Å². The van der Waals surface area contributed by atoms with Crippen LogP contribution >= 0.6 is 0 Å². The standard InChI is InChI=1S/C30H38N6O3/c1-3-16-36(24(4-2)19-31)28(37)18-25(32)29(38)35-27(15-14-21-10-6-5-7-11-21)30(39)34-23-17-22-12-8-9-13-26(22)33-20-23/h5-13,17,20,24-25,27H,1,3-4,14-16,18-19,31-32H2,2H3,(H-,34,35,38,39)/p+1. The van der Waals surface area contributed by atoms with E-state index in [4.69, 9.17) is 11.5 Å². The summed E-state index contributed by atoms with van der Waals surface area (Å²) in [7, 11) is 0. The molecule has 3 unspecified atom stereocenters. The van der Waals surface area contributed by atoms with Crippen LogP contribution in [-0.4, -0.2) is 58.8 Å². The Morgan fingerprint density at radius 3 is 2.46 bits per heavy atom. The number of nitrogens with one attached hydrogen (secondary N) is 2. The Morgan fingerprint density at radius 2 is 1.77 bits per heavy atom. The number of benzene rings is 2. The summed E-state index contributed by atoms with van der Waals surface area (Å²) < 4.78 is 0. The van der Waals surface area contributed by atoms with Crippen LogP contribution < -0.4 is 22.1 Å². The Balaban J connectivity index is 1.71. The lowest BCUT2D eigenvalue weighted by Gasteiger charge is -2.30. The Bertz CT molecular complexity index is 1230. The van der Waals surface area contributed by atoms with Crippen LogP contribution in [0, 0.1) is 6.92 Å². The molecule has 0 aliphatic rings. The average Bonchev–Trinajstić information content (AvgIpc) is 2.95. The molecule has 2 aromatic carbocycles. The first kappa shape index (κ1) is 29.6. The van der Waals surface area contributed by atoms with Crippen molar-refractivity contribution in [1.82, 2.24) is 15.2 Å². The third kappa shape index (κ3) is 8.53. The number of hydrogen-bond donors (Lipinski definition) is 4. The molecule has 3 aromatic rings. The van der Waals surface area contributed by atoms with Gasteiger partial charge in [0.15, 0.2) is 0 Å². The number of carbonyl (C=O) groups is 3. The van der Waals surface area contributed by atoms with Crippen LogP contribution in [0.1, 0.15) is 38.2 Å². The zero-order valence-electron chi connectivity index (χ0n) is 22.5. The number of amides is 3. The molecular formula is C30H39N6O3+. The van der Waals surface area contributed by atoms with Crippen molar-refractivity contribution in [3.63, 3.8) is 0 Å². The van der Waals surface area contributed by atoms with Gasteiger partial charge in [0.2, 0.25) is 17.7 Å². The monoisotopic (exact) mass is 531 g/mol. The maximum Gasteiger partial charge on any atom is 0.247 e. The molecule has 0 saturated carbocycles. The van der Waals surface area contributed by atoms with E-state index in [9.17, 15) is 14.4 Å². The van der Waals surface area contributed by atoms with Crippen LogP contribution in [0.2, 0.25) is 0 Å². The van der Waals surface area contributed by atoms with Crippen LogP contribution in [0.4, 0.5) is 5.69 Å². The second-order valence-corrected chi connectivity index (χ2v) is 9.54. The van der Waals surface area contributed by atoms with Crippen LogP contribution in [0.3, 0.4) is 0 Å². The van der Waals surface area contributed by atoms with E-state index in [0.29, 0.717) is 44.5 Å². The molecule has 39 heavy (non-hydrogen) atoms. The first-order valence-corrected chi connectivity index (χ1v) is 13.4. The molecule has 0 radical (unpaired) electrons. The second kappa shape index (κ2) is 14.8. The van der Waals surface area contributed by atoms with Crippen molar-refractivity contribution in [2.24, 2.45) is 11.5 Å². The SMILES string of the molecule is [CH2+]CCN(C(=O)CC(N)C(=O)NC(CCc1ccccc1)C(=O)Nc1cnc2ccccc2c1)C(CC)CN. The highest BCUT2D eigenvalue weighted by atomic mass is 16.2. The van der Waals surface area contributed by atoms with Gasteiger partial charge in [0, 0.05) is 18.0 Å². The number of para-hydroxylation sites is 1. The number of nitrogens with two attached hydrogens (primary N) is 2. The van der Waals surface area contributed by atoms with E-state index >= 15 is 0 Å². The lowest BCUT2D eigenvalue weighted by molar-refractivity contribution is -0.136. The molecule has 0 spiro atoms. The van der Waals surface area contributed by atoms with Crippen molar-refractivity contribution in [2.45, 2.75) is 57.2 Å². The van der Waals surface area contributed by atoms with Crippen LogP contribution in [0.5, 0.6) is 0 Å². The number of fused-ring (bicyclic) bond motifs is 1. The number of aryl methyl sites for hydroxylation is 1. The molecule has 9 nitrogen and oxygen atoms in total. The van der Waals surface area contributed by atoms with E-state index in [1.807, 2.05) is 67.6 Å². The minimum absolute atomic E-state index is 0.144. The number of anilines is 1. The van der Waals surface area contributed by atoms with Crippen molar-refractivity contribution in [2.75, 3.05) is 18.4 Å². The normalized spacial score (nSPS) is 13.3. The van der Waals surface area contributed by atoms with Gasteiger partial charge < -0.3 is 27.0 Å². The summed E-state index contributed by atoms with van der Waals surface area (Å²) in [4.78, 5) is 45.4. The van der Waals surface area contributed by atoms with E-state index < -0.39 is 18.0 Å². The van der Waals surface area contributed by atoms with Gasteiger partial charge in [0.05, 0.1) is 43.3 Å². The van der Waals surface area contributed by atoms with Crippen molar-refractivity contribution in [1.29, 1.82) is 0 Å². The lowest BCUT2D eigenvalue weighted by Crippen LogP contribution is -2.52. The fraction of sp³-hybridized carbons (Fsp3) is 0.367. The summed E-state index contributed by atoms with van der Waals surface area (Å²) in [6, 6.07) is 17.0. The third-order valence-corrected chi connectivity index (χ3v) is 6.69. The molecule has 0 aliphatic heterocycles. The Kier molecular flexibility index (Phi) is 11.3. The molecule has 0 fully saturated rings. The maximum absolute atomic E-state index is 13.3. The number of rotatable bonds is 14. The maximum atomic E-state index is 13.3. The summed E-state index contributed by atoms with van der Waals surface area (Å²) in [5.41, 5.74) is 14.4.